The van der Waals surface area contributed by atoms with Gasteiger partial charge in [-0.2, -0.15) is 4.98 Å². The van der Waals surface area contributed by atoms with Crippen LogP contribution in [0.5, 0.6) is 0 Å². The zero-order valence-electron chi connectivity index (χ0n) is 13.1. The molecule has 4 aromatic rings. The molecule has 0 saturated heterocycles. The zero-order chi connectivity index (χ0) is 16.7. The molecule has 1 aromatic carbocycles. The maximum absolute atomic E-state index is 12.4. The van der Waals surface area contributed by atoms with Gasteiger partial charge >= 0.3 is 0 Å². The van der Waals surface area contributed by atoms with Gasteiger partial charge in [-0.25, -0.2) is 0 Å². The van der Waals surface area contributed by atoms with E-state index in [0.717, 1.165) is 11.9 Å². The van der Waals surface area contributed by atoms with Crippen molar-refractivity contribution in [2.75, 3.05) is 0 Å². The summed E-state index contributed by atoms with van der Waals surface area (Å²) in [5.74, 6) is 2.22. The van der Waals surface area contributed by atoms with Crippen molar-refractivity contribution in [1.29, 1.82) is 0 Å². The van der Waals surface area contributed by atoms with Gasteiger partial charge in [0.2, 0.25) is 11.7 Å². The summed E-state index contributed by atoms with van der Waals surface area (Å²) in [6, 6.07) is 7.43. The van der Waals surface area contributed by atoms with Crippen LogP contribution in [-0.2, 0) is 19.2 Å². The van der Waals surface area contributed by atoms with E-state index >= 15 is 0 Å². The molecule has 0 aliphatic carbocycles. The minimum atomic E-state index is -0.0912. The van der Waals surface area contributed by atoms with Gasteiger partial charge in [0.15, 0.2) is 11.0 Å². The average molecular weight is 342 g/mol. The van der Waals surface area contributed by atoms with Gasteiger partial charge in [0, 0.05) is 13.5 Å². The highest BCUT2D eigenvalue weighted by Gasteiger charge is 2.16. The maximum atomic E-state index is 12.4. The predicted octanol–water partition coefficient (Wildman–Crippen LogP) is 1.82. The number of thioether (sulfide) groups is 1. The van der Waals surface area contributed by atoms with Crippen molar-refractivity contribution in [2.45, 2.75) is 24.3 Å². The quantitative estimate of drug-likeness (QED) is 0.522. The molecule has 0 fully saturated rings. The normalized spacial score (nSPS) is 11.6. The Balaban J connectivity index is 1.80. The Morgan fingerprint density at radius 3 is 2.88 bits per heavy atom. The minimum absolute atomic E-state index is 0.0912. The SMILES string of the molecule is CCc1noc(CSc2nnc3n(C)c(=O)c4ccccc4n23)n1. The van der Waals surface area contributed by atoms with Crippen LogP contribution in [0.3, 0.4) is 0 Å². The Labute approximate surface area is 140 Å². The van der Waals surface area contributed by atoms with E-state index in [1.807, 2.05) is 29.5 Å². The summed E-state index contributed by atoms with van der Waals surface area (Å²) in [4.78, 5) is 16.7. The molecule has 122 valence electrons. The standard InChI is InChI=1S/C15H14N6O2S/c1-3-11-16-12(23-19-11)8-24-15-18-17-14-20(2)13(22)9-6-4-5-7-10(9)21(14)15/h4-7H,3,8H2,1-2H3. The molecule has 3 heterocycles. The second-order valence-electron chi connectivity index (χ2n) is 5.25. The first-order valence-electron chi connectivity index (χ1n) is 7.46. The van der Waals surface area contributed by atoms with Crippen LogP contribution in [0.15, 0.2) is 38.7 Å². The molecule has 4 rings (SSSR count). The van der Waals surface area contributed by atoms with Gasteiger partial charge in [0.1, 0.15) is 0 Å². The lowest BCUT2D eigenvalue weighted by atomic mass is 10.2. The molecular formula is C15H14N6O2S. The fourth-order valence-electron chi connectivity index (χ4n) is 2.52. The van der Waals surface area contributed by atoms with Crippen molar-refractivity contribution < 1.29 is 4.52 Å². The third-order valence-corrected chi connectivity index (χ3v) is 4.66. The van der Waals surface area contributed by atoms with Gasteiger partial charge in [-0.05, 0) is 12.1 Å². The molecular weight excluding hydrogens is 328 g/mol. The van der Waals surface area contributed by atoms with Crippen LogP contribution < -0.4 is 5.56 Å². The van der Waals surface area contributed by atoms with Gasteiger partial charge in [0.05, 0.1) is 16.7 Å². The molecule has 0 N–H and O–H groups in total. The van der Waals surface area contributed by atoms with E-state index in [1.54, 1.807) is 13.1 Å². The van der Waals surface area contributed by atoms with Crippen molar-refractivity contribution in [3.05, 3.63) is 46.3 Å². The molecule has 0 aliphatic rings. The monoisotopic (exact) mass is 342 g/mol. The van der Waals surface area contributed by atoms with Crippen LogP contribution >= 0.6 is 11.8 Å². The third kappa shape index (κ3) is 2.28. The fourth-order valence-corrected chi connectivity index (χ4v) is 3.30. The molecule has 0 unspecified atom stereocenters. The van der Waals surface area contributed by atoms with Gasteiger partial charge in [-0.1, -0.05) is 36.0 Å². The molecule has 24 heavy (non-hydrogen) atoms. The Morgan fingerprint density at radius 1 is 1.25 bits per heavy atom. The number of aryl methyl sites for hydroxylation is 2. The molecule has 0 atom stereocenters. The van der Waals surface area contributed by atoms with Crippen LogP contribution in [-0.4, -0.2) is 29.3 Å². The van der Waals surface area contributed by atoms with Crippen LogP contribution in [0.4, 0.5) is 0 Å². The number of aromatic nitrogens is 6. The van der Waals surface area contributed by atoms with E-state index in [9.17, 15) is 4.79 Å². The van der Waals surface area contributed by atoms with E-state index in [0.29, 0.717) is 33.8 Å². The highest BCUT2D eigenvalue weighted by Crippen LogP contribution is 2.23. The average Bonchev–Trinajstić information content (AvgIpc) is 3.24. The number of hydrogen-bond donors (Lipinski definition) is 0. The van der Waals surface area contributed by atoms with Crippen LogP contribution in [0.25, 0.3) is 16.7 Å². The first-order valence-corrected chi connectivity index (χ1v) is 8.44. The number of hydrogen-bond acceptors (Lipinski definition) is 7. The van der Waals surface area contributed by atoms with E-state index < -0.39 is 0 Å². The Kier molecular flexibility index (Phi) is 3.57. The van der Waals surface area contributed by atoms with Gasteiger partial charge in [-0.3, -0.25) is 13.8 Å². The van der Waals surface area contributed by atoms with Gasteiger partial charge in [0.25, 0.3) is 5.56 Å². The highest BCUT2D eigenvalue weighted by molar-refractivity contribution is 7.98. The van der Waals surface area contributed by atoms with Crippen LogP contribution in [0.2, 0.25) is 0 Å². The molecule has 3 aromatic heterocycles. The maximum Gasteiger partial charge on any atom is 0.262 e. The van der Waals surface area contributed by atoms with E-state index in [2.05, 4.69) is 20.3 Å². The summed E-state index contributed by atoms with van der Waals surface area (Å²) >= 11 is 1.44. The molecule has 0 aliphatic heterocycles. The lowest BCUT2D eigenvalue weighted by Crippen LogP contribution is -2.20. The van der Waals surface area contributed by atoms with E-state index in [4.69, 9.17) is 4.52 Å². The molecule has 0 bridgehead atoms. The summed E-state index contributed by atoms with van der Waals surface area (Å²) in [5, 5.41) is 13.6. The smallest absolute Gasteiger partial charge is 0.262 e. The Hall–Kier alpha value is -2.68. The van der Waals surface area contributed by atoms with Crippen molar-refractivity contribution >= 4 is 28.4 Å². The van der Waals surface area contributed by atoms with Gasteiger partial charge < -0.3 is 4.52 Å². The van der Waals surface area contributed by atoms with E-state index in [1.165, 1.54) is 16.3 Å². The molecule has 0 saturated carbocycles. The second-order valence-corrected chi connectivity index (χ2v) is 6.19. The highest BCUT2D eigenvalue weighted by atomic mass is 32.2. The summed E-state index contributed by atoms with van der Waals surface area (Å²) in [6.07, 6.45) is 0.731. The lowest BCUT2D eigenvalue weighted by molar-refractivity contribution is 0.385. The summed E-state index contributed by atoms with van der Waals surface area (Å²) in [5.41, 5.74) is 0.689. The van der Waals surface area contributed by atoms with Crippen molar-refractivity contribution in [1.82, 2.24) is 29.3 Å². The summed E-state index contributed by atoms with van der Waals surface area (Å²) in [6.45, 7) is 1.97. The second kappa shape index (κ2) is 5.75. The molecule has 0 radical (unpaired) electrons. The number of fused-ring (bicyclic) bond motifs is 3. The topological polar surface area (TPSA) is 91.1 Å². The molecule has 8 nitrogen and oxygen atoms in total. The van der Waals surface area contributed by atoms with Gasteiger partial charge in [-0.15, -0.1) is 10.2 Å². The zero-order valence-corrected chi connectivity index (χ0v) is 13.9. The van der Waals surface area contributed by atoms with Crippen molar-refractivity contribution in [3.8, 4) is 0 Å². The minimum Gasteiger partial charge on any atom is -0.338 e. The first kappa shape index (κ1) is 14.9. The molecule has 0 spiro atoms. The number of para-hydroxylation sites is 1. The Bertz CT molecular complexity index is 1100. The van der Waals surface area contributed by atoms with E-state index in [-0.39, 0.29) is 5.56 Å². The third-order valence-electron chi connectivity index (χ3n) is 3.75. The number of nitrogens with zero attached hydrogens (tertiary/aromatic N) is 6. The summed E-state index contributed by atoms with van der Waals surface area (Å²) < 4.78 is 8.58. The lowest BCUT2D eigenvalue weighted by Gasteiger charge is -2.06. The van der Waals surface area contributed by atoms with Crippen LogP contribution in [0, 0.1) is 0 Å². The fraction of sp³-hybridized carbons (Fsp3) is 0.267. The largest absolute Gasteiger partial charge is 0.338 e. The molecule has 0 amide bonds. The van der Waals surface area contributed by atoms with Crippen molar-refractivity contribution in [2.24, 2.45) is 7.05 Å². The summed E-state index contributed by atoms with van der Waals surface area (Å²) in [7, 11) is 1.69. The number of benzene rings is 1. The van der Waals surface area contributed by atoms with Crippen molar-refractivity contribution in [3.63, 3.8) is 0 Å². The molecule has 9 heteroatoms. The van der Waals surface area contributed by atoms with Crippen LogP contribution in [0.1, 0.15) is 18.6 Å². The predicted molar refractivity (Wildman–Crippen MR) is 89.0 cm³/mol. The number of rotatable bonds is 4. The Morgan fingerprint density at radius 2 is 2.08 bits per heavy atom. The first-order chi connectivity index (χ1) is 11.7.